The van der Waals surface area contributed by atoms with E-state index in [-0.39, 0.29) is 5.82 Å². The summed E-state index contributed by atoms with van der Waals surface area (Å²) in [4.78, 5) is 5.52. The molecule has 2 nitrogen and oxygen atoms in total. The van der Waals surface area contributed by atoms with E-state index in [1.165, 1.54) is 6.07 Å². The van der Waals surface area contributed by atoms with E-state index in [9.17, 15) is 8.60 Å². The molecule has 0 amide bonds. The van der Waals surface area contributed by atoms with Crippen molar-refractivity contribution in [1.29, 1.82) is 0 Å². The first-order chi connectivity index (χ1) is 14.2. The Hall–Kier alpha value is -3.11. The molecule has 2 atom stereocenters. The lowest BCUT2D eigenvalue weighted by Gasteiger charge is -2.17. The van der Waals surface area contributed by atoms with Gasteiger partial charge in [-0.05, 0) is 40.6 Å². The van der Waals surface area contributed by atoms with Crippen LogP contribution in [0.2, 0.25) is 0 Å². The Kier molecular flexibility index (Phi) is 4.57. The molecule has 0 aromatic heterocycles. The minimum Gasteiger partial charge on any atom is -0.254 e. The summed E-state index contributed by atoms with van der Waals surface area (Å²) in [5, 5.41) is 1.78. The lowest BCUT2D eigenvalue weighted by atomic mass is 9.98. The molecule has 0 saturated heterocycles. The Balaban J connectivity index is 1.69. The van der Waals surface area contributed by atoms with Gasteiger partial charge >= 0.3 is 0 Å². The van der Waals surface area contributed by atoms with Gasteiger partial charge in [0.25, 0.3) is 0 Å². The van der Waals surface area contributed by atoms with E-state index >= 15 is 0 Å². The number of benzene rings is 4. The van der Waals surface area contributed by atoms with Crippen molar-refractivity contribution in [2.75, 3.05) is 0 Å². The monoisotopic (exact) mass is 399 g/mol. The average molecular weight is 399 g/mol. The largest absolute Gasteiger partial charge is 0.254 e. The summed E-state index contributed by atoms with van der Waals surface area (Å²) in [5.74, 6) is -0.330. The molecule has 5 rings (SSSR count). The van der Waals surface area contributed by atoms with Crippen molar-refractivity contribution in [3.8, 4) is 0 Å². The van der Waals surface area contributed by atoms with Crippen molar-refractivity contribution < 1.29 is 8.60 Å². The van der Waals surface area contributed by atoms with Gasteiger partial charge in [-0.15, -0.1) is 0 Å². The zero-order valence-corrected chi connectivity index (χ0v) is 16.4. The van der Waals surface area contributed by atoms with E-state index in [1.807, 2.05) is 42.5 Å². The van der Waals surface area contributed by atoms with E-state index in [2.05, 4.69) is 24.3 Å². The molecule has 0 fully saturated rings. The zero-order chi connectivity index (χ0) is 19.8. The molecule has 4 heteroatoms. The number of nitrogens with zero attached hydrogens (tertiary/aromatic N) is 1. The Morgan fingerprint density at radius 1 is 0.828 bits per heavy atom. The second-order valence-corrected chi connectivity index (χ2v) is 8.70. The van der Waals surface area contributed by atoms with Crippen LogP contribution in [0.3, 0.4) is 0 Å². The zero-order valence-electron chi connectivity index (χ0n) is 15.6. The minimum atomic E-state index is -1.41. The summed E-state index contributed by atoms with van der Waals surface area (Å²) >= 11 is 0. The molecule has 1 aliphatic rings. The predicted molar refractivity (Wildman–Crippen MR) is 117 cm³/mol. The number of hydrogen-bond acceptors (Lipinski definition) is 2. The molecule has 1 heterocycles. The number of fused-ring (bicyclic) bond motifs is 2. The molecule has 0 saturated carbocycles. The topological polar surface area (TPSA) is 29.4 Å². The van der Waals surface area contributed by atoms with E-state index in [4.69, 9.17) is 4.99 Å². The van der Waals surface area contributed by atoms with Crippen molar-refractivity contribution in [3.63, 3.8) is 0 Å². The van der Waals surface area contributed by atoms with Crippen molar-refractivity contribution in [1.82, 2.24) is 0 Å². The van der Waals surface area contributed by atoms with Crippen molar-refractivity contribution in [3.05, 3.63) is 108 Å². The van der Waals surface area contributed by atoms with Crippen LogP contribution in [0.25, 0.3) is 10.8 Å². The van der Waals surface area contributed by atoms with Crippen LogP contribution in [0.4, 0.5) is 10.1 Å². The van der Waals surface area contributed by atoms with Crippen LogP contribution in [0.15, 0.2) is 101 Å². The molecule has 0 aliphatic carbocycles. The summed E-state index contributed by atoms with van der Waals surface area (Å²) in [6.07, 6.45) is 0.403. The molecule has 1 aliphatic heterocycles. The third-order valence-electron chi connectivity index (χ3n) is 5.31. The quantitative estimate of drug-likeness (QED) is 0.386. The second kappa shape index (κ2) is 7.37. The van der Waals surface area contributed by atoms with E-state index in [1.54, 1.807) is 18.2 Å². The first kappa shape index (κ1) is 18.0. The van der Waals surface area contributed by atoms with Crippen LogP contribution in [0.5, 0.6) is 0 Å². The number of rotatable bonds is 2. The lowest BCUT2D eigenvalue weighted by molar-refractivity contribution is 0.604. The summed E-state index contributed by atoms with van der Waals surface area (Å²) in [7, 11) is -1.41. The van der Waals surface area contributed by atoms with Gasteiger partial charge in [0, 0.05) is 17.7 Å². The standard InChI is InChI=1S/C25H18FNOS/c26-21-10-4-3-9-20(21)25-16-23(27-22-11-5-6-12-24(22)29(25)28)19-14-13-17-7-1-2-8-18(17)15-19/h1-15,25H,16H2/t25-,29+/m1/s1. The fourth-order valence-corrected chi connectivity index (χ4v) is 5.40. The molecule has 0 spiro atoms. The predicted octanol–water partition coefficient (Wildman–Crippen LogP) is 6.35. The molecule has 0 N–H and O–H groups in total. The molecule has 142 valence electrons. The van der Waals surface area contributed by atoms with Crippen molar-refractivity contribution >= 4 is 33.0 Å². The van der Waals surface area contributed by atoms with Crippen LogP contribution in [0.1, 0.15) is 22.8 Å². The normalized spacial score (nSPS) is 18.7. The van der Waals surface area contributed by atoms with Gasteiger partial charge in [0.15, 0.2) is 0 Å². The SMILES string of the molecule is O=[S@]1c2ccccc2N=C(c2ccc3ccccc3c2)C[C@@H]1c1ccccc1F. The maximum Gasteiger partial charge on any atom is 0.127 e. The van der Waals surface area contributed by atoms with Crippen LogP contribution in [-0.2, 0) is 10.8 Å². The van der Waals surface area contributed by atoms with E-state index in [0.29, 0.717) is 22.6 Å². The highest BCUT2D eigenvalue weighted by Crippen LogP contribution is 2.39. The van der Waals surface area contributed by atoms with Gasteiger partial charge in [-0.1, -0.05) is 66.7 Å². The van der Waals surface area contributed by atoms with Gasteiger partial charge in [0.05, 0.1) is 26.6 Å². The second-order valence-electron chi connectivity index (χ2n) is 7.10. The van der Waals surface area contributed by atoms with E-state index < -0.39 is 16.0 Å². The Morgan fingerprint density at radius 2 is 1.55 bits per heavy atom. The number of hydrogen-bond donors (Lipinski definition) is 0. The maximum absolute atomic E-state index is 14.6. The third kappa shape index (κ3) is 3.30. The van der Waals surface area contributed by atoms with Crippen LogP contribution in [-0.4, -0.2) is 9.92 Å². The van der Waals surface area contributed by atoms with Crippen molar-refractivity contribution in [2.24, 2.45) is 4.99 Å². The highest BCUT2D eigenvalue weighted by atomic mass is 32.2. The number of para-hydroxylation sites is 1. The van der Waals surface area contributed by atoms with E-state index in [0.717, 1.165) is 22.0 Å². The van der Waals surface area contributed by atoms with Gasteiger partial charge in [-0.3, -0.25) is 9.20 Å². The molecular formula is C25H18FNOS. The highest BCUT2D eigenvalue weighted by molar-refractivity contribution is 7.85. The molecule has 0 radical (unpaired) electrons. The highest BCUT2D eigenvalue weighted by Gasteiger charge is 2.29. The first-order valence-corrected chi connectivity index (χ1v) is 10.7. The fourth-order valence-electron chi connectivity index (χ4n) is 3.83. The Labute approximate surface area is 171 Å². The summed E-state index contributed by atoms with van der Waals surface area (Å²) in [6, 6.07) is 28.4. The summed E-state index contributed by atoms with van der Waals surface area (Å²) in [6.45, 7) is 0. The third-order valence-corrected chi connectivity index (χ3v) is 7.03. The van der Waals surface area contributed by atoms with Crippen molar-refractivity contribution in [2.45, 2.75) is 16.6 Å². The fraction of sp³-hybridized carbons (Fsp3) is 0.0800. The Morgan fingerprint density at radius 3 is 2.41 bits per heavy atom. The first-order valence-electron chi connectivity index (χ1n) is 9.51. The smallest absolute Gasteiger partial charge is 0.127 e. The summed E-state index contributed by atoms with van der Waals surface area (Å²) in [5.41, 5.74) is 2.95. The molecule has 0 bridgehead atoms. The van der Waals surface area contributed by atoms with Gasteiger partial charge < -0.3 is 0 Å². The average Bonchev–Trinajstić information content (AvgIpc) is 2.91. The maximum atomic E-state index is 14.6. The van der Waals surface area contributed by atoms with Gasteiger partial charge in [-0.2, -0.15) is 0 Å². The van der Waals surface area contributed by atoms with Crippen LogP contribution >= 0.6 is 0 Å². The van der Waals surface area contributed by atoms with Crippen LogP contribution < -0.4 is 0 Å². The lowest BCUT2D eigenvalue weighted by Crippen LogP contribution is -2.13. The Bertz CT molecular complexity index is 1280. The number of halogens is 1. The minimum absolute atomic E-state index is 0.330. The van der Waals surface area contributed by atoms with Gasteiger partial charge in [0.1, 0.15) is 5.82 Å². The van der Waals surface area contributed by atoms with Gasteiger partial charge in [-0.25, -0.2) is 4.39 Å². The molecule has 29 heavy (non-hydrogen) atoms. The molecular weight excluding hydrogens is 381 g/mol. The summed E-state index contributed by atoms with van der Waals surface area (Å²) < 4.78 is 28.1. The molecule has 0 unspecified atom stereocenters. The number of aliphatic imine (C=N–C) groups is 1. The van der Waals surface area contributed by atoms with Crippen LogP contribution in [0, 0.1) is 5.82 Å². The molecule has 4 aromatic rings. The molecule has 4 aromatic carbocycles. The van der Waals surface area contributed by atoms with Gasteiger partial charge in [0.2, 0.25) is 0 Å².